The molecule has 0 bridgehead atoms. The highest BCUT2D eigenvalue weighted by atomic mass is 15.1. The van der Waals surface area contributed by atoms with Gasteiger partial charge in [-0.2, -0.15) is 4.57 Å². The van der Waals surface area contributed by atoms with Crippen molar-refractivity contribution in [2.75, 3.05) is 0 Å². The first-order valence-electron chi connectivity index (χ1n) is 6.50. The molecule has 1 aromatic heterocycles. The molecule has 1 heterocycles. The molecule has 0 aliphatic rings. The quantitative estimate of drug-likeness (QED) is 0.473. The lowest BCUT2D eigenvalue weighted by atomic mass is 10.2. The van der Waals surface area contributed by atoms with E-state index in [1.165, 1.54) is 5.56 Å². The number of aromatic nitrogens is 2. The summed E-state index contributed by atoms with van der Waals surface area (Å²) in [6, 6.07) is 11.8. The van der Waals surface area contributed by atoms with E-state index in [-0.39, 0.29) is 0 Å². The summed E-state index contributed by atoms with van der Waals surface area (Å²) in [6.45, 7) is 16.5. The number of rotatable bonds is 1. The van der Waals surface area contributed by atoms with Crippen LogP contribution in [0.25, 0.3) is 26.4 Å². The Morgan fingerprint density at radius 1 is 1.05 bits per heavy atom. The summed E-state index contributed by atoms with van der Waals surface area (Å²) >= 11 is 0. The molecule has 2 aromatic carbocycles. The minimum absolute atomic E-state index is 0.394. The third kappa shape index (κ3) is 2.04. The van der Waals surface area contributed by atoms with E-state index in [4.69, 9.17) is 13.1 Å². The predicted octanol–water partition coefficient (Wildman–Crippen LogP) is 3.87. The van der Waals surface area contributed by atoms with Gasteiger partial charge in [0.1, 0.15) is 5.69 Å². The first-order chi connectivity index (χ1) is 10.1. The van der Waals surface area contributed by atoms with E-state index < -0.39 is 0 Å². The fourth-order valence-corrected chi connectivity index (χ4v) is 2.49. The second-order valence-electron chi connectivity index (χ2n) is 4.99. The molecule has 4 nitrogen and oxygen atoms in total. The first-order valence-corrected chi connectivity index (χ1v) is 6.50. The zero-order valence-corrected chi connectivity index (χ0v) is 11.8. The van der Waals surface area contributed by atoms with Crippen molar-refractivity contribution in [1.82, 2.24) is 4.57 Å². The molecule has 0 saturated heterocycles. The van der Waals surface area contributed by atoms with Crippen LogP contribution in [0.15, 0.2) is 42.7 Å². The van der Waals surface area contributed by atoms with Crippen molar-refractivity contribution in [2.24, 2.45) is 7.05 Å². The maximum atomic E-state index is 7.24. The SMILES string of the molecule is [C-]#[N+]c1cc2c(cc1[N+]#[C-])[n+](C)cn2-c1cccc(C)c1. The van der Waals surface area contributed by atoms with Gasteiger partial charge in [0, 0.05) is 0 Å². The van der Waals surface area contributed by atoms with E-state index in [1.807, 2.05) is 34.6 Å². The standard InChI is InChI=1S/C17H13N4/c1-12-6-5-7-13(8-12)21-11-20(4)16-9-14(18-2)15(19-3)10-17(16)21/h5-11H,1,4H3/q+1. The molecule has 4 heteroatoms. The first kappa shape index (κ1) is 12.9. The number of hydrogen-bond donors (Lipinski definition) is 0. The average molecular weight is 273 g/mol. The van der Waals surface area contributed by atoms with Crippen LogP contribution in [-0.4, -0.2) is 4.57 Å². The van der Waals surface area contributed by atoms with Crippen LogP contribution in [0.1, 0.15) is 5.56 Å². The Labute approximate surface area is 123 Å². The van der Waals surface area contributed by atoms with Crippen LogP contribution in [0.3, 0.4) is 0 Å². The summed E-state index contributed by atoms with van der Waals surface area (Å²) < 4.78 is 4.02. The average Bonchev–Trinajstić information content (AvgIpc) is 2.82. The number of fused-ring (bicyclic) bond motifs is 1. The highest BCUT2D eigenvalue weighted by Crippen LogP contribution is 2.33. The van der Waals surface area contributed by atoms with Crippen LogP contribution in [-0.2, 0) is 7.05 Å². The Morgan fingerprint density at radius 3 is 2.43 bits per heavy atom. The van der Waals surface area contributed by atoms with E-state index in [0.29, 0.717) is 11.4 Å². The van der Waals surface area contributed by atoms with Crippen molar-refractivity contribution in [1.29, 1.82) is 0 Å². The van der Waals surface area contributed by atoms with E-state index >= 15 is 0 Å². The van der Waals surface area contributed by atoms with Crippen molar-refractivity contribution < 1.29 is 4.57 Å². The van der Waals surface area contributed by atoms with Gasteiger partial charge in [-0.1, -0.05) is 12.1 Å². The highest BCUT2D eigenvalue weighted by Gasteiger charge is 2.18. The molecule has 0 saturated carbocycles. The lowest BCUT2D eigenvalue weighted by Gasteiger charge is -1.99. The van der Waals surface area contributed by atoms with E-state index in [2.05, 4.69) is 28.7 Å². The molecule has 0 N–H and O–H groups in total. The molecule has 0 atom stereocenters. The second kappa shape index (κ2) is 4.77. The normalized spacial score (nSPS) is 10.3. The van der Waals surface area contributed by atoms with Crippen LogP contribution in [0.5, 0.6) is 0 Å². The summed E-state index contributed by atoms with van der Waals surface area (Å²) in [5.74, 6) is 0. The zero-order chi connectivity index (χ0) is 15.0. The number of nitrogens with zero attached hydrogens (tertiary/aromatic N) is 4. The number of imidazole rings is 1. The molecule has 100 valence electrons. The van der Waals surface area contributed by atoms with E-state index in [9.17, 15) is 0 Å². The molecule has 0 amide bonds. The molecular formula is C17H13N4+. The summed E-state index contributed by atoms with van der Waals surface area (Å²) in [6.07, 6.45) is 1.97. The van der Waals surface area contributed by atoms with Gasteiger partial charge >= 0.3 is 0 Å². The van der Waals surface area contributed by atoms with Crippen molar-refractivity contribution >= 4 is 22.4 Å². The van der Waals surface area contributed by atoms with Crippen LogP contribution in [0.2, 0.25) is 0 Å². The molecule has 0 unspecified atom stereocenters. The minimum atomic E-state index is 0.394. The predicted molar refractivity (Wildman–Crippen MR) is 81.7 cm³/mol. The molecule has 0 fully saturated rings. The monoisotopic (exact) mass is 273 g/mol. The largest absolute Gasteiger partial charge is 0.250 e. The Kier molecular flexibility index (Phi) is 2.93. The fourth-order valence-electron chi connectivity index (χ4n) is 2.49. The Hall–Kier alpha value is -3.11. The van der Waals surface area contributed by atoms with Crippen molar-refractivity contribution in [3.05, 3.63) is 71.1 Å². The smallest absolute Gasteiger partial charge is 0.249 e. The molecule has 0 aliphatic heterocycles. The van der Waals surface area contributed by atoms with Gasteiger partial charge in [0.2, 0.25) is 6.33 Å². The summed E-state index contributed by atoms with van der Waals surface area (Å²) in [4.78, 5) is 6.91. The van der Waals surface area contributed by atoms with Gasteiger partial charge in [-0.05, 0) is 36.8 Å². The Balaban J connectivity index is 2.36. The number of hydrogen-bond acceptors (Lipinski definition) is 0. The van der Waals surface area contributed by atoms with E-state index in [1.54, 1.807) is 12.1 Å². The van der Waals surface area contributed by atoms with Gasteiger partial charge < -0.3 is 0 Å². The Morgan fingerprint density at radius 2 is 1.76 bits per heavy atom. The van der Waals surface area contributed by atoms with Crippen LogP contribution in [0.4, 0.5) is 11.4 Å². The molecule has 21 heavy (non-hydrogen) atoms. The van der Waals surface area contributed by atoms with Gasteiger partial charge in [-0.3, -0.25) is 0 Å². The van der Waals surface area contributed by atoms with Gasteiger partial charge in [0.05, 0.1) is 20.2 Å². The van der Waals surface area contributed by atoms with E-state index in [0.717, 1.165) is 16.7 Å². The van der Waals surface area contributed by atoms with Gasteiger partial charge in [-0.15, -0.1) is 0 Å². The van der Waals surface area contributed by atoms with Crippen molar-refractivity contribution in [3.63, 3.8) is 0 Å². The lowest BCUT2D eigenvalue weighted by Crippen LogP contribution is -2.25. The Bertz CT molecular complexity index is 936. The van der Waals surface area contributed by atoms with Gasteiger partial charge in [0.25, 0.3) is 0 Å². The molecule has 0 aliphatic carbocycles. The number of aryl methyl sites for hydroxylation is 2. The zero-order valence-electron chi connectivity index (χ0n) is 11.8. The van der Waals surface area contributed by atoms with Crippen LogP contribution >= 0.6 is 0 Å². The molecule has 3 aromatic rings. The van der Waals surface area contributed by atoms with Crippen LogP contribution < -0.4 is 4.57 Å². The fraction of sp³-hybridized carbons (Fsp3) is 0.118. The number of benzene rings is 2. The highest BCUT2D eigenvalue weighted by molar-refractivity contribution is 5.87. The van der Waals surface area contributed by atoms with Crippen molar-refractivity contribution in [3.8, 4) is 5.69 Å². The molecule has 0 spiro atoms. The minimum Gasteiger partial charge on any atom is -0.250 e. The van der Waals surface area contributed by atoms with Gasteiger partial charge in [-0.25, -0.2) is 14.3 Å². The third-order valence-corrected chi connectivity index (χ3v) is 3.52. The maximum absolute atomic E-state index is 7.24. The second-order valence-corrected chi connectivity index (χ2v) is 4.99. The molecule has 3 rings (SSSR count). The lowest BCUT2D eigenvalue weighted by molar-refractivity contribution is -0.645. The summed E-state index contributed by atoms with van der Waals surface area (Å²) in [5.41, 5.74) is 4.89. The topological polar surface area (TPSA) is 17.5 Å². The summed E-state index contributed by atoms with van der Waals surface area (Å²) in [5, 5.41) is 0. The maximum Gasteiger partial charge on any atom is 0.249 e. The van der Waals surface area contributed by atoms with Crippen LogP contribution in [0, 0.1) is 20.1 Å². The van der Waals surface area contributed by atoms with Crippen molar-refractivity contribution in [2.45, 2.75) is 6.92 Å². The molecular weight excluding hydrogens is 260 g/mol. The summed E-state index contributed by atoms with van der Waals surface area (Å²) in [7, 11) is 1.94. The van der Waals surface area contributed by atoms with Gasteiger partial charge in [0.15, 0.2) is 22.4 Å². The molecule has 0 radical (unpaired) electrons. The third-order valence-electron chi connectivity index (χ3n) is 3.52.